The van der Waals surface area contributed by atoms with Crippen LogP contribution in [0, 0.1) is 0 Å². The molecule has 0 saturated heterocycles. The summed E-state index contributed by atoms with van der Waals surface area (Å²) in [6.45, 7) is 0. The van der Waals surface area contributed by atoms with E-state index in [4.69, 9.17) is 5.73 Å². The maximum Gasteiger partial charge on any atom is 0.185 e. The van der Waals surface area contributed by atoms with E-state index in [0.717, 1.165) is 21.5 Å². The van der Waals surface area contributed by atoms with Crippen molar-refractivity contribution in [3.63, 3.8) is 0 Å². The Balaban J connectivity index is 2.22. The summed E-state index contributed by atoms with van der Waals surface area (Å²) in [7, 11) is 0. The molecule has 0 unspecified atom stereocenters. The van der Waals surface area contributed by atoms with E-state index in [-0.39, 0.29) is 5.56 Å². The monoisotopic (exact) mass is 333 g/mol. The van der Waals surface area contributed by atoms with E-state index >= 15 is 0 Å². The van der Waals surface area contributed by atoms with E-state index < -0.39 is 28.7 Å². The van der Waals surface area contributed by atoms with Crippen LogP contribution in [0.15, 0.2) is 54.6 Å². The smallest absolute Gasteiger partial charge is 0.185 e. The van der Waals surface area contributed by atoms with Gasteiger partial charge in [0, 0.05) is 0 Å². The first kappa shape index (κ1) is 15.0. The van der Waals surface area contributed by atoms with Gasteiger partial charge in [-0.25, -0.2) is 0 Å². The highest BCUT2D eigenvalue weighted by Gasteiger charge is 2.24. The summed E-state index contributed by atoms with van der Waals surface area (Å²) in [5.41, 5.74) is 5.46. The zero-order chi connectivity index (χ0) is 17.7. The number of nitrogens with two attached hydrogens (primary N) is 1. The van der Waals surface area contributed by atoms with Gasteiger partial charge in [0.05, 0.1) is 5.56 Å². The minimum Gasteiger partial charge on any atom is -0.504 e. The molecule has 0 saturated carbocycles. The van der Waals surface area contributed by atoms with Gasteiger partial charge in [0.15, 0.2) is 23.0 Å². The van der Waals surface area contributed by atoms with Crippen molar-refractivity contribution in [2.24, 2.45) is 0 Å². The topological polar surface area (TPSA) is 107 Å². The van der Waals surface area contributed by atoms with Crippen molar-refractivity contribution in [1.82, 2.24) is 0 Å². The Hall–Kier alpha value is -3.60. The third-order valence-corrected chi connectivity index (χ3v) is 4.47. The van der Waals surface area contributed by atoms with E-state index in [0.29, 0.717) is 5.56 Å². The zero-order valence-electron chi connectivity index (χ0n) is 13.1. The molecule has 4 rings (SSSR count). The summed E-state index contributed by atoms with van der Waals surface area (Å²) < 4.78 is 0. The average molecular weight is 333 g/mol. The van der Waals surface area contributed by atoms with Crippen LogP contribution in [0.25, 0.3) is 32.7 Å². The predicted octanol–water partition coefficient (Wildman–Crippen LogP) is 4.06. The highest BCUT2D eigenvalue weighted by molar-refractivity contribution is 6.15. The molecule has 0 amide bonds. The lowest BCUT2D eigenvalue weighted by Gasteiger charge is -2.16. The fraction of sp³-hybridized carbons (Fsp3) is 0. The minimum absolute atomic E-state index is 0.0637. The Morgan fingerprint density at radius 3 is 1.76 bits per heavy atom. The third-order valence-electron chi connectivity index (χ3n) is 4.47. The quantitative estimate of drug-likeness (QED) is 0.156. The molecule has 0 aliphatic heterocycles. The van der Waals surface area contributed by atoms with Crippen molar-refractivity contribution in [2.75, 3.05) is 5.73 Å². The second kappa shape index (κ2) is 5.21. The number of hydrogen-bond acceptors (Lipinski definition) is 5. The summed E-state index contributed by atoms with van der Waals surface area (Å²) in [5, 5.41) is 44.3. The molecule has 0 fully saturated rings. The van der Waals surface area contributed by atoms with Crippen LogP contribution in [0.2, 0.25) is 0 Å². The number of nitrogen functional groups attached to an aromatic ring is 1. The van der Waals surface area contributed by atoms with Crippen molar-refractivity contribution >= 4 is 27.2 Å². The van der Waals surface area contributed by atoms with Gasteiger partial charge in [-0.15, -0.1) is 0 Å². The van der Waals surface area contributed by atoms with Crippen molar-refractivity contribution in [3.05, 3.63) is 54.6 Å². The molecule has 5 nitrogen and oxygen atoms in total. The molecule has 6 N–H and O–H groups in total. The molecule has 4 aromatic rings. The maximum absolute atomic E-state index is 10.4. The van der Waals surface area contributed by atoms with Gasteiger partial charge in [0.2, 0.25) is 0 Å². The standard InChI is InChI=1S/C20H15NO4/c21-16-19(24)17(22)15(18(23)20(16)25)14-9-10-5-1-2-6-11(10)12-7-3-4-8-13(12)14/h1-9,22-25H,21H2. The van der Waals surface area contributed by atoms with E-state index in [1.54, 1.807) is 6.07 Å². The Kier molecular flexibility index (Phi) is 3.12. The second-order valence-electron chi connectivity index (χ2n) is 5.87. The average Bonchev–Trinajstić information content (AvgIpc) is 2.65. The number of hydrogen-bond donors (Lipinski definition) is 5. The van der Waals surface area contributed by atoms with Gasteiger partial charge in [-0.05, 0) is 33.2 Å². The molecule has 0 aliphatic rings. The summed E-state index contributed by atoms with van der Waals surface area (Å²) in [5.74, 6) is -2.48. The number of aromatic hydroxyl groups is 4. The molecular formula is C20H15NO4. The van der Waals surface area contributed by atoms with Crippen LogP contribution < -0.4 is 5.73 Å². The Morgan fingerprint density at radius 2 is 1.12 bits per heavy atom. The normalized spacial score (nSPS) is 11.2. The van der Waals surface area contributed by atoms with Crippen molar-refractivity contribution in [3.8, 4) is 34.1 Å². The maximum atomic E-state index is 10.4. The number of anilines is 1. The molecule has 0 aromatic heterocycles. The molecule has 124 valence electrons. The van der Waals surface area contributed by atoms with Crippen LogP contribution in [0.3, 0.4) is 0 Å². The van der Waals surface area contributed by atoms with Crippen molar-refractivity contribution in [2.45, 2.75) is 0 Å². The van der Waals surface area contributed by atoms with Crippen LogP contribution in [-0.4, -0.2) is 20.4 Å². The molecule has 0 heterocycles. The van der Waals surface area contributed by atoms with Gasteiger partial charge >= 0.3 is 0 Å². The van der Waals surface area contributed by atoms with Gasteiger partial charge in [-0.2, -0.15) is 0 Å². The number of rotatable bonds is 1. The van der Waals surface area contributed by atoms with Crippen LogP contribution in [-0.2, 0) is 0 Å². The highest BCUT2D eigenvalue weighted by atomic mass is 16.3. The van der Waals surface area contributed by atoms with Crippen LogP contribution >= 0.6 is 0 Å². The van der Waals surface area contributed by atoms with Crippen LogP contribution in [0.1, 0.15) is 0 Å². The molecule has 0 bridgehead atoms. The molecule has 25 heavy (non-hydrogen) atoms. The Labute approximate surface area is 142 Å². The van der Waals surface area contributed by atoms with Gasteiger partial charge in [-0.3, -0.25) is 0 Å². The van der Waals surface area contributed by atoms with E-state index in [1.165, 1.54) is 0 Å². The lowest BCUT2D eigenvalue weighted by molar-refractivity contribution is 0.379. The van der Waals surface area contributed by atoms with Crippen molar-refractivity contribution < 1.29 is 20.4 Å². The van der Waals surface area contributed by atoms with Crippen molar-refractivity contribution in [1.29, 1.82) is 0 Å². The first-order valence-corrected chi connectivity index (χ1v) is 7.67. The molecule has 4 aromatic carbocycles. The summed E-state index contributed by atoms with van der Waals surface area (Å²) in [4.78, 5) is 0. The Morgan fingerprint density at radius 1 is 0.600 bits per heavy atom. The number of phenolic OH excluding ortho intramolecular Hbond substituents is 4. The SMILES string of the molecule is Nc1c(O)c(O)c(-c2cc3ccccc3c3ccccc23)c(O)c1O. The lowest BCUT2D eigenvalue weighted by Crippen LogP contribution is -1.92. The van der Waals surface area contributed by atoms with Crippen LogP contribution in [0.4, 0.5) is 5.69 Å². The molecular weight excluding hydrogens is 318 g/mol. The highest BCUT2D eigenvalue weighted by Crippen LogP contribution is 2.54. The van der Waals surface area contributed by atoms with Gasteiger partial charge in [-0.1, -0.05) is 48.5 Å². The van der Waals surface area contributed by atoms with E-state index in [2.05, 4.69) is 0 Å². The molecule has 0 aliphatic carbocycles. The van der Waals surface area contributed by atoms with Gasteiger partial charge in [0.1, 0.15) is 5.69 Å². The predicted molar refractivity (Wildman–Crippen MR) is 98.0 cm³/mol. The first-order chi connectivity index (χ1) is 12.0. The minimum atomic E-state index is -0.664. The number of benzene rings is 4. The summed E-state index contributed by atoms with van der Waals surface area (Å²) >= 11 is 0. The molecule has 0 spiro atoms. The van der Waals surface area contributed by atoms with Crippen LogP contribution in [0.5, 0.6) is 23.0 Å². The fourth-order valence-electron chi connectivity index (χ4n) is 3.23. The summed E-state index contributed by atoms with van der Waals surface area (Å²) in [6, 6.07) is 17.0. The third kappa shape index (κ3) is 2.03. The first-order valence-electron chi connectivity index (χ1n) is 7.67. The molecule has 0 radical (unpaired) electrons. The number of phenols is 4. The molecule has 5 heteroatoms. The molecule has 0 atom stereocenters. The van der Waals surface area contributed by atoms with E-state index in [9.17, 15) is 20.4 Å². The van der Waals surface area contributed by atoms with Gasteiger partial charge in [0.25, 0.3) is 0 Å². The van der Waals surface area contributed by atoms with Gasteiger partial charge < -0.3 is 26.2 Å². The van der Waals surface area contributed by atoms with E-state index in [1.807, 2.05) is 48.5 Å². The second-order valence-corrected chi connectivity index (χ2v) is 5.87. The fourth-order valence-corrected chi connectivity index (χ4v) is 3.23. The largest absolute Gasteiger partial charge is 0.504 e. The summed E-state index contributed by atoms with van der Waals surface area (Å²) in [6.07, 6.45) is 0. The zero-order valence-corrected chi connectivity index (χ0v) is 13.1. The lowest BCUT2D eigenvalue weighted by atomic mass is 9.92. The number of fused-ring (bicyclic) bond motifs is 3. The Bertz CT molecular complexity index is 1120.